The number of anilines is 1. The fourth-order valence-corrected chi connectivity index (χ4v) is 2.79. The van der Waals surface area contributed by atoms with Crippen molar-refractivity contribution >= 4 is 11.6 Å². The molecule has 0 saturated carbocycles. The van der Waals surface area contributed by atoms with E-state index in [9.17, 15) is 9.18 Å². The van der Waals surface area contributed by atoms with Crippen LogP contribution in [0.5, 0.6) is 0 Å². The molecule has 3 nitrogen and oxygen atoms in total. The molecule has 3 rings (SSSR count). The molecule has 0 unspecified atom stereocenters. The third-order valence-corrected chi connectivity index (χ3v) is 4.20. The van der Waals surface area contributed by atoms with E-state index in [0.717, 1.165) is 19.5 Å². The number of hydrogen-bond donors (Lipinski definition) is 1. The van der Waals surface area contributed by atoms with Gasteiger partial charge in [0.2, 0.25) is 5.91 Å². The molecule has 1 aliphatic heterocycles. The Bertz CT molecular complexity index is 669. The van der Waals surface area contributed by atoms with Crippen molar-refractivity contribution in [3.63, 3.8) is 0 Å². The fraction of sp³-hybridized carbons (Fsp3) is 0.278. The van der Waals surface area contributed by atoms with Gasteiger partial charge in [0.15, 0.2) is 0 Å². The van der Waals surface area contributed by atoms with Gasteiger partial charge in [-0.15, -0.1) is 0 Å². The molecular formula is C18H19FN2O. The molecule has 4 heteroatoms. The van der Waals surface area contributed by atoms with E-state index in [1.807, 2.05) is 13.0 Å². The van der Waals surface area contributed by atoms with Crippen molar-refractivity contribution in [2.24, 2.45) is 0 Å². The first-order chi connectivity index (χ1) is 10.6. The van der Waals surface area contributed by atoms with E-state index in [0.29, 0.717) is 5.69 Å². The van der Waals surface area contributed by atoms with Crippen LogP contribution in [0.15, 0.2) is 48.5 Å². The van der Waals surface area contributed by atoms with E-state index < -0.39 is 0 Å². The van der Waals surface area contributed by atoms with Crippen molar-refractivity contribution in [3.8, 4) is 0 Å². The number of nitrogens with zero attached hydrogens (tertiary/aromatic N) is 1. The minimum Gasteiger partial charge on any atom is -0.325 e. The first-order valence-electron chi connectivity index (χ1n) is 7.51. The van der Waals surface area contributed by atoms with E-state index in [2.05, 4.69) is 28.4 Å². The zero-order valence-corrected chi connectivity index (χ0v) is 12.6. The molecule has 1 N–H and O–H groups in total. The van der Waals surface area contributed by atoms with E-state index in [1.165, 1.54) is 23.3 Å². The summed E-state index contributed by atoms with van der Waals surface area (Å²) >= 11 is 0. The Balaban J connectivity index is 1.65. The SMILES string of the molecule is C[C@H](C(=O)Nc1ccc(F)cc1)N1CCc2ccccc2C1. The van der Waals surface area contributed by atoms with Crippen molar-refractivity contribution < 1.29 is 9.18 Å². The summed E-state index contributed by atoms with van der Waals surface area (Å²) in [5, 5.41) is 2.84. The maximum absolute atomic E-state index is 12.9. The van der Waals surface area contributed by atoms with Crippen LogP contribution < -0.4 is 5.32 Å². The lowest BCUT2D eigenvalue weighted by Crippen LogP contribution is -2.44. The maximum atomic E-state index is 12.9. The highest BCUT2D eigenvalue weighted by atomic mass is 19.1. The van der Waals surface area contributed by atoms with E-state index >= 15 is 0 Å². The average Bonchev–Trinajstić information content (AvgIpc) is 2.55. The second-order valence-electron chi connectivity index (χ2n) is 5.66. The molecular weight excluding hydrogens is 279 g/mol. The monoisotopic (exact) mass is 298 g/mol. The van der Waals surface area contributed by atoms with Crippen LogP contribution in [0.2, 0.25) is 0 Å². The molecule has 0 saturated heterocycles. The first-order valence-corrected chi connectivity index (χ1v) is 7.51. The molecule has 1 amide bonds. The lowest BCUT2D eigenvalue weighted by atomic mass is 9.99. The van der Waals surface area contributed by atoms with Crippen LogP contribution in [0.25, 0.3) is 0 Å². The summed E-state index contributed by atoms with van der Waals surface area (Å²) in [6.45, 7) is 3.57. The fourth-order valence-electron chi connectivity index (χ4n) is 2.79. The molecule has 1 atom stereocenters. The van der Waals surface area contributed by atoms with Gasteiger partial charge in [-0.25, -0.2) is 4.39 Å². The summed E-state index contributed by atoms with van der Waals surface area (Å²) in [5.41, 5.74) is 3.27. The maximum Gasteiger partial charge on any atom is 0.241 e. The van der Waals surface area contributed by atoms with Crippen LogP contribution in [0.3, 0.4) is 0 Å². The number of rotatable bonds is 3. The molecule has 0 spiro atoms. The van der Waals surface area contributed by atoms with Gasteiger partial charge in [0.05, 0.1) is 6.04 Å². The minimum absolute atomic E-state index is 0.0639. The molecule has 22 heavy (non-hydrogen) atoms. The molecule has 2 aromatic carbocycles. The summed E-state index contributed by atoms with van der Waals surface area (Å²) in [5.74, 6) is -0.371. The Morgan fingerprint density at radius 1 is 1.14 bits per heavy atom. The predicted molar refractivity (Wildman–Crippen MR) is 85.0 cm³/mol. The Labute approximate surface area is 129 Å². The first kappa shape index (κ1) is 14.7. The molecule has 1 heterocycles. The standard InChI is InChI=1S/C18H19FN2O/c1-13(18(22)20-17-8-6-16(19)7-9-17)21-11-10-14-4-2-3-5-15(14)12-21/h2-9,13H,10-12H2,1H3,(H,20,22)/t13-/m1/s1. The van der Waals surface area contributed by atoms with Crippen LogP contribution in [0.4, 0.5) is 10.1 Å². The second kappa shape index (κ2) is 6.28. The number of halogens is 1. The van der Waals surface area contributed by atoms with Gasteiger partial charge in [0.1, 0.15) is 5.82 Å². The van der Waals surface area contributed by atoms with E-state index in [4.69, 9.17) is 0 Å². The van der Waals surface area contributed by atoms with Crippen molar-refractivity contribution in [3.05, 3.63) is 65.5 Å². The summed E-state index contributed by atoms with van der Waals surface area (Å²) < 4.78 is 12.9. The number of benzene rings is 2. The van der Waals surface area contributed by atoms with E-state index in [1.54, 1.807) is 12.1 Å². The number of fused-ring (bicyclic) bond motifs is 1. The van der Waals surface area contributed by atoms with Gasteiger partial charge in [-0.05, 0) is 48.7 Å². The van der Waals surface area contributed by atoms with Gasteiger partial charge in [0, 0.05) is 18.8 Å². The Kier molecular flexibility index (Phi) is 4.20. The molecule has 0 bridgehead atoms. The normalized spacial score (nSPS) is 15.9. The minimum atomic E-state index is -0.307. The second-order valence-corrected chi connectivity index (χ2v) is 5.66. The van der Waals surface area contributed by atoms with Crippen molar-refractivity contribution in [2.45, 2.75) is 25.9 Å². The Hall–Kier alpha value is -2.20. The van der Waals surface area contributed by atoms with Gasteiger partial charge in [-0.1, -0.05) is 24.3 Å². The average molecular weight is 298 g/mol. The zero-order valence-electron chi connectivity index (χ0n) is 12.6. The van der Waals surface area contributed by atoms with Gasteiger partial charge < -0.3 is 5.32 Å². The number of nitrogens with one attached hydrogen (secondary N) is 1. The molecule has 2 aromatic rings. The van der Waals surface area contributed by atoms with Crippen LogP contribution in [0, 0.1) is 5.82 Å². The van der Waals surface area contributed by atoms with Crippen LogP contribution >= 0.6 is 0 Å². The summed E-state index contributed by atoms with van der Waals surface area (Å²) in [6, 6.07) is 14.0. The van der Waals surface area contributed by atoms with Gasteiger partial charge >= 0.3 is 0 Å². The summed E-state index contributed by atoms with van der Waals surface area (Å²) in [7, 11) is 0. The number of hydrogen-bond acceptors (Lipinski definition) is 2. The quantitative estimate of drug-likeness (QED) is 0.943. The molecule has 0 fully saturated rings. The van der Waals surface area contributed by atoms with Gasteiger partial charge in [-0.3, -0.25) is 9.69 Å². The van der Waals surface area contributed by atoms with Crippen molar-refractivity contribution in [1.29, 1.82) is 0 Å². The largest absolute Gasteiger partial charge is 0.325 e. The van der Waals surface area contributed by atoms with Crippen LogP contribution in [-0.2, 0) is 17.8 Å². The molecule has 0 aliphatic carbocycles. The van der Waals surface area contributed by atoms with Crippen molar-refractivity contribution in [1.82, 2.24) is 4.90 Å². The number of amides is 1. The third kappa shape index (κ3) is 3.17. The topological polar surface area (TPSA) is 32.3 Å². The lowest BCUT2D eigenvalue weighted by Gasteiger charge is -2.32. The third-order valence-electron chi connectivity index (χ3n) is 4.20. The molecule has 1 aliphatic rings. The van der Waals surface area contributed by atoms with Gasteiger partial charge in [0.25, 0.3) is 0 Å². The summed E-state index contributed by atoms with van der Waals surface area (Å²) in [4.78, 5) is 14.5. The van der Waals surface area contributed by atoms with Crippen LogP contribution in [0.1, 0.15) is 18.1 Å². The highest BCUT2D eigenvalue weighted by Crippen LogP contribution is 2.20. The zero-order chi connectivity index (χ0) is 15.5. The summed E-state index contributed by atoms with van der Waals surface area (Å²) in [6.07, 6.45) is 0.963. The highest BCUT2D eigenvalue weighted by molar-refractivity contribution is 5.94. The Morgan fingerprint density at radius 3 is 2.55 bits per heavy atom. The lowest BCUT2D eigenvalue weighted by molar-refractivity contribution is -0.121. The molecule has 0 radical (unpaired) electrons. The van der Waals surface area contributed by atoms with Crippen molar-refractivity contribution in [2.75, 3.05) is 11.9 Å². The highest BCUT2D eigenvalue weighted by Gasteiger charge is 2.25. The molecule has 0 aromatic heterocycles. The van der Waals surface area contributed by atoms with Crippen LogP contribution in [-0.4, -0.2) is 23.4 Å². The molecule has 114 valence electrons. The van der Waals surface area contributed by atoms with Gasteiger partial charge in [-0.2, -0.15) is 0 Å². The van der Waals surface area contributed by atoms with E-state index in [-0.39, 0.29) is 17.8 Å². The number of carbonyl (C=O) groups is 1. The smallest absolute Gasteiger partial charge is 0.241 e. The predicted octanol–water partition coefficient (Wildman–Crippen LogP) is 3.21. The number of carbonyl (C=O) groups excluding carboxylic acids is 1. The Morgan fingerprint density at radius 2 is 1.82 bits per heavy atom.